The lowest BCUT2D eigenvalue weighted by Crippen LogP contribution is -2.27. The number of benzene rings is 1. The quantitative estimate of drug-likeness (QED) is 0.690. The molecule has 0 saturated heterocycles. The van der Waals surface area contributed by atoms with Gasteiger partial charge in [0.25, 0.3) is 0 Å². The minimum Gasteiger partial charge on any atom is -0.356 e. The monoisotopic (exact) mass is 392 g/mol. The van der Waals surface area contributed by atoms with Crippen LogP contribution in [0.3, 0.4) is 0 Å². The maximum atomic E-state index is 12.0. The normalized spacial score (nSPS) is 14.7. The number of carbonyl (C=O) groups excluding carboxylic acids is 1. The summed E-state index contributed by atoms with van der Waals surface area (Å²) in [5, 5.41) is 13.2. The van der Waals surface area contributed by atoms with Crippen molar-refractivity contribution in [2.75, 3.05) is 6.54 Å². The van der Waals surface area contributed by atoms with Crippen LogP contribution in [0.4, 0.5) is 0 Å². The molecular formula is C19H25ClN4OS. The Hall–Kier alpha value is -1.53. The predicted molar refractivity (Wildman–Crippen MR) is 105 cm³/mol. The number of aromatic nitrogens is 3. The maximum absolute atomic E-state index is 12.0. The molecule has 0 aliphatic heterocycles. The van der Waals surface area contributed by atoms with Crippen molar-refractivity contribution in [2.45, 2.75) is 49.4 Å². The van der Waals surface area contributed by atoms with Gasteiger partial charge < -0.3 is 9.88 Å². The second-order valence-corrected chi connectivity index (χ2v) is 8.21. The molecule has 1 heterocycles. The topological polar surface area (TPSA) is 59.8 Å². The van der Waals surface area contributed by atoms with Gasteiger partial charge in [-0.1, -0.05) is 48.3 Å². The van der Waals surface area contributed by atoms with Gasteiger partial charge in [-0.05, 0) is 36.5 Å². The van der Waals surface area contributed by atoms with Crippen molar-refractivity contribution >= 4 is 29.3 Å². The number of halogens is 1. The van der Waals surface area contributed by atoms with E-state index in [9.17, 15) is 4.79 Å². The Bertz CT molecular complexity index is 743. The predicted octanol–water partition coefficient (Wildman–Crippen LogP) is 4.00. The molecule has 26 heavy (non-hydrogen) atoms. The number of thioether (sulfide) groups is 1. The van der Waals surface area contributed by atoms with Crippen LogP contribution in [-0.4, -0.2) is 27.2 Å². The van der Waals surface area contributed by atoms with E-state index in [0.29, 0.717) is 25.3 Å². The zero-order chi connectivity index (χ0) is 18.4. The molecule has 140 valence electrons. The van der Waals surface area contributed by atoms with Crippen LogP contribution in [-0.2, 0) is 24.0 Å². The van der Waals surface area contributed by atoms with Crippen molar-refractivity contribution in [3.05, 3.63) is 40.7 Å². The summed E-state index contributed by atoms with van der Waals surface area (Å²) in [4.78, 5) is 12.0. The number of amides is 1. The second-order valence-electron chi connectivity index (χ2n) is 6.83. The first-order chi connectivity index (χ1) is 12.6. The molecule has 0 unspecified atom stereocenters. The van der Waals surface area contributed by atoms with Crippen LogP contribution in [0, 0.1) is 5.92 Å². The van der Waals surface area contributed by atoms with Crippen molar-refractivity contribution in [3.8, 4) is 0 Å². The number of hydrogen-bond donors (Lipinski definition) is 1. The van der Waals surface area contributed by atoms with Crippen LogP contribution in [0.2, 0.25) is 5.02 Å². The molecule has 5 nitrogen and oxygen atoms in total. The molecule has 1 saturated carbocycles. The molecule has 0 spiro atoms. The van der Waals surface area contributed by atoms with E-state index in [1.807, 2.05) is 29.8 Å². The minimum absolute atomic E-state index is 0.162. The third-order valence-corrected chi connectivity index (χ3v) is 6.13. The fourth-order valence-electron chi connectivity index (χ4n) is 3.33. The summed E-state index contributed by atoms with van der Waals surface area (Å²) in [7, 11) is 1.97. The third-order valence-electron chi connectivity index (χ3n) is 4.80. The van der Waals surface area contributed by atoms with E-state index in [2.05, 4.69) is 21.6 Å². The van der Waals surface area contributed by atoms with Crippen LogP contribution in [0.25, 0.3) is 0 Å². The molecule has 0 bridgehead atoms. The van der Waals surface area contributed by atoms with Gasteiger partial charge >= 0.3 is 0 Å². The molecule has 2 aromatic rings. The van der Waals surface area contributed by atoms with Crippen LogP contribution >= 0.6 is 23.4 Å². The molecule has 1 aromatic carbocycles. The first-order valence-corrected chi connectivity index (χ1v) is 10.5. The fraction of sp³-hybridized carbons (Fsp3) is 0.526. The van der Waals surface area contributed by atoms with Gasteiger partial charge in [-0.3, -0.25) is 4.79 Å². The fourth-order valence-corrected chi connectivity index (χ4v) is 4.41. The van der Waals surface area contributed by atoms with E-state index in [1.165, 1.54) is 25.7 Å². The van der Waals surface area contributed by atoms with Crippen LogP contribution in [0.5, 0.6) is 0 Å². The molecular weight excluding hydrogens is 368 g/mol. The average Bonchev–Trinajstić information content (AvgIpc) is 3.24. The number of carbonyl (C=O) groups is 1. The second kappa shape index (κ2) is 9.42. The Morgan fingerprint density at radius 3 is 2.92 bits per heavy atom. The minimum atomic E-state index is 0.162. The van der Waals surface area contributed by atoms with E-state index in [-0.39, 0.29) is 5.91 Å². The standard InChI is InChI=1S/C19H25ClN4OS/c1-24-17(9-10-21-18(25)12-14-5-2-3-6-14)22-23-19(24)26-13-15-7-4-8-16(20)11-15/h4,7-8,11,14H,2-3,5-6,9-10,12-13H2,1H3,(H,21,25). The molecule has 0 atom stereocenters. The van der Waals surface area contributed by atoms with Gasteiger partial charge in [0.2, 0.25) is 5.91 Å². The van der Waals surface area contributed by atoms with Crippen molar-refractivity contribution in [3.63, 3.8) is 0 Å². The lowest BCUT2D eigenvalue weighted by atomic mass is 10.0. The molecule has 1 fully saturated rings. The third kappa shape index (κ3) is 5.48. The van der Waals surface area contributed by atoms with Crippen molar-refractivity contribution in [2.24, 2.45) is 13.0 Å². The molecule has 1 amide bonds. The summed E-state index contributed by atoms with van der Waals surface area (Å²) in [6.45, 7) is 0.608. The van der Waals surface area contributed by atoms with Crippen LogP contribution in [0.1, 0.15) is 43.5 Å². The van der Waals surface area contributed by atoms with E-state index in [4.69, 9.17) is 11.6 Å². The van der Waals surface area contributed by atoms with Gasteiger partial charge in [-0.2, -0.15) is 0 Å². The summed E-state index contributed by atoms with van der Waals surface area (Å²) in [5.41, 5.74) is 1.16. The highest BCUT2D eigenvalue weighted by molar-refractivity contribution is 7.98. The first-order valence-electron chi connectivity index (χ1n) is 9.14. The number of nitrogens with zero attached hydrogens (tertiary/aromatic N) is 3. The molecule has 1 aliphatic carbocycles. The summed E-state index contributed by atoms with van der Waals surface area (Å²) in [5.74, 6) is 2.43. The lowest BCUT2D eigenvalue weighted by Gasteiger charge is -2.09. The number of nitrogens with one attached hydrogen (secondary N) is 1. The van der Waals surface area contributed by atoms with Crippen molar-refractivity contribution in [1.29, 1.82) is 0 Å². The van der Waals surface area contributed by atoms with Gasteiger partial charge in [0.15, 0.2) is 5.16 Å². The van der Waals surface area contributed by atoms with E-state index in [0.717, 1.165) is 27.3 Å². The Balaban J connectivity index is 1.43. The van der Waals surface area contributed by atoms with Gasteiger partial charge in [-0.25, -0.2) is 0 Å². The summed E-state index contributed by atoms with van der Waals surface area (Å²) in [6.07, 6.45) is 6.30. The van der Waals surface area contributed by atoms with Crippen molar-refractivity contribution in [1.82, 2.24) is 20.1 Å². The highest BCUT2D eigenvalue weighted by Gasteiger charge is 2.18. The highest BCUT2D eigenvalue weighted by Crippen LogP contribution is 2.27. The SMILES string of the molecule is Cn1c(CCNC(=O)CC2CCCC2)nnc1SCc1cccc(Cl)c1. The van der Waals surface area contributed by atoms with E-state index < -0.39 is 0 Å². The smallest absolute Gasteiger partial charge is 0.220 e. The lowest BCUT2D eigenvalue weighted by molar-refractivity contribution is -0.121. The van der Waals surface area contributed by atoms with Gasteiger partial charge in [0.1, 0.15) is 5.82 Å². The largest absolute Gasteiger partial charge is 0.356 e. The maximum Gasteiger partial charge on any atom is 0.220 e. The summed E-state index contributed by atoms with van der Waals surface area (Å²) < 4.78 is 2.00. The van der Waals surface area contributed by atoms with Gasteiger partial charge in [0.05, 0.1) is 0 Å². The summed E-state index contributed by atoms with van der Waals surface area (Å²) >= 11 is 7.66. The molecule has 1 N–H and O–H groups in total. The Morgan fingerprint density at radius 2 is 2.15 bits per heavy atom. The van der Waals surface area contributed by atoms with Gasteiger partial charge in [0, 0.05) is 37.2 Å². The molecule has 3 rings (SSSR count). The molecule has 1 aromatic heterocycles. The van der Waals surface area contributed by atoms with Crippen molar-refractivity contribution < 1.29 is 4.79 Å². The van der Waals surface area contributed by atoms with Gasteiger partial charge in [-0.15, -0.1) is 10.2 Å². The Labute approximate surface area is 163 Å². The Morgan fingerprint density at radius 1 is 1.35 bits per heavy atom. The van der Waals surface area contributed by atoms with E-state index in [1.54, 1.807) is 11.8 Å². The first kappa shape index (κ1) is 19.2. The van der Waals surface area contributed by atoms with E-state index >= 15 is 0 Å². The average molecular weight is 393 g/mol. The van der Waals surface area contributed by atoms with Crippen LogP contribution in [0.15, 0.2) is 29.4 Å². The Kier molecular flexibility index (Phi) is 6.97. The zero-order valence-electron chi connectivity index (χ0n) is 15.1. The van der Waals surface area contributed by atoms with Crippen LogP contribution < -0.4 is 5.32 Å². The molecule has 1 aliphatic rings. The molecule has 7 heteroatoms. The highest BCUT2D eigenvalue weighted by atomic mass is 35.5. The number of hydrogen-bond acceptors (Lipinski definition) is 4. The zero-order valence-corrected chi connectivity index (χ0v) is 16.7. The molecule has 0 radical (unpaired) electrons. The number of rotatable bonds is 8. The summed E-state index contributed by atoms with van der Waals surface area (Å²) in [6, 6.07) is 7.84.